The van der Waals surface area contributed by atoms with Crippen LogP contribution in [-0.4, -0.2) is 26.4 Å². The van der Waals surface area contributed by atoms with Gasteiger partial charge < -0.3 is 5.11 Å². The number of aliphatic hydroxyl groups is 1. The van der Waals surface area contributed by atoms with E-state index in [0.717, 1.165) is 4.47 Å². The molecule has 0 radical (unpaired) electrons. The second-order valence-corrected chi connectivity index (χ2v) is 5.01. The van der Waals surface area contributed by atoms with Gasteiger partial charge in [-0.2, -0.15) is 0 Å². The van der Waals surface area contributed by atoms with Gasteiger partial charge in [-0.1, -0.05) is 18.7 Å². The summed E-state index contributed by atoms with van der Waals surface area (Å²) in [5.41, 5.74) is 0. The molecule has 1 heterocycles. The molecule has 1 aromatic heterocycles. The van der Waals surface area contributed by atoms with E-state index in [4.69, 9.17) is 0 Å². The van der Waals surface area contributed by atoms with Gasteiger partial charge in [-0.25, -0.2) is 9.97 Å². The van der Waals surface area contributed by atoms with Crippen molar-refractivity contribution in [2.45, 2.75) is 30.4 Å². The monoisotopic (exact) mass is 262 g/mol. The number of aromatic nitrogens is 2. The van der Waals surface area contributed by atoms with E-state index in [0.29, 0.717) is 5.16 Å². The Morgan fingerprint density at radius 2 is 1.92 bits per heavy atom. The molecule has 2 atom stereocenters. The predicted octanol–water partition coefficient (Wildman–Crippen LogP) is 2.10. The Balaban J connectivity index is 2.59. The Kier molecular flexibility index (Phi) is 4.15. The predicted molar refractivity (Wildman–Crippen MR) is 56.7 cm³/mol. The van der Waals surface area contributed by atoms with E-state index in [1.54, 1.807) is 19.3 Å². The van der Waals surface area contributed by atoms with E-state index >= 15 is 0 Å². The molecule has 3 nitrogen and oxygen atoms in total. The molecule has 13 heavy (non-hydrogen) atoms. The topological polar surface area (TPSA) is 46.0 Å². The van der Waals surface area contributed by atoms with Crippen molar-refractivity contribution in [1.29, 1.82) is 0 Å². The molecule has 2 unspecified atom stereocenters. The van der Waals surface area contributed by atoms with Crippen LogP contribution in [0.4, 0.5) is 0 Å². The van der Waals surface area contributed by atoms with Gasteiger partial charge in [0, 0.05) is 17.6 Å². The van der Waals surface area contributed by atoms with Gasteiger partial charge >= 0.3 is 0 Å². The molecule has 0 saturated heterocycles. The van der Waals surface area contributed by atoms with Crippen LogP contribution in [0.5, 0.6) is 0 Å². The Morgan fingerprint density at radius 3 is 2.38 bits per heavy atom. The van der Waals surface area contributed by atoms with Crippen LogP contribution in [0.3, 0.4) is 0 Å². The molecule has 0 aliphatic carbocycles. The van der Waals surface area contributed by atoms with E-state index in [-0.39, 0.29) is 11.4 Å². The lowest BCUT2D eigenvalue weighted by molar-refractivity contribution is 0.196. The molecule has 1 aromatic rings. The van der Waals surface area contributed by atoms with Gasteiger partial charge in [-0.05, 0) is 22.9 Å². The van der Waals surface area contributed by atoms with Crippen LogP contribution in [0.1, 0.15) is 13.8 Å². The van der Waals surface area contributed by atoms with Gasteiger partial charge in [0.2, 0.25) is 0 Å². The summed E-state index contributed by atoms with van der Waals surface area (Å²) in [6.07, 6.45) is 3.05. The van der Waals surface area contributed by atoms with Crippen molar-refractivity contribution in [3.8, 4) is 0 Å². The standard InChI is InChI=1S/C8H11BrN2OS/c1-5(12)6(2)13-8-10-3-7(9)4-11-8/h3-6,12H,1-2H3. The summed E-state index contributed by atoms with van der Waals surface area (Å²) in [5.74, 6) is 0. The number of aliphatic hydroxyl groups excluding tert-OH is 1. The van der Waals surface area contributed by atoms with Crippen molar-refractivity contribution in [3.05, 3.63) is 16.9 Å². The van der Waals surface area contributed by atoms with Gasteiger partial charge in [0.05, 0.1) is 10.6 Å². The lowest BCUT2D eigenvalue weighted by Crippen LogP contribution is -2.15. The van der Waals surface area contributed by atoms with Crippen LogP contribution in [0.15, 0.2) is 22.0 Å². The van der Waals surface area contributed by atoms with E-state index in [2.05, 4.69) is 25.9 Å². The molecule has 0 aliphatic rings. The number of hydrogen-bond acceptors (Lipinski definition) is 4. The van der Waals surface area contributed by atoms with Gasteiger partial charge in [-0.3, -0.25) is 0 Å². The maximum atomic E-state index is 9.25. The molecule has 5 heteroatoms. The molecule has 0 spiro atoms. The highest BCUT2D eigenvalue weighted by molar-refractivity contribution is 9.10. The summed E-state index contributed by atoms with van der Waals surface area (Å²) in [6.45, 7) is 3.71. The zero-order chi connectivity index (χ0) is 9.84. The van der Waals surface area contributed by atoms with E-state index in [1.165, 1.54) is 11.8 Å². The fraction of sp³-hybridized carbons (Fsp3) is 0.500. The largest absolute Gasteiger partial charge is 0.392 e. The minimum absolute atomic E-state index is 0.112. The lowest BCUT2D eigenvalue weighted by Gasteiger charge is -2.11. The highest BCUT2D eigenvalue weighted by Crippen LogP contribution is 2.21. The minimum atomic E-state index is -0.350. The number of nitrogens with zero attached hydrogens (tertiary/aromatic N) is 2. The van der Waals surface area contributed by atoms with E-state index < -0.39 is 0 Å². The first-order valence-corrected chi connectivity index (χ1v) is 5.59. The normalized spacial score (nSPS) is 15.4. The Morgan fingerprint density at radius 1 is 1.38 bits per heavy atom. The van der Waals surface area contributed by atoms with Crippen LogP contribution in [0, 0.1) is 0 Å². The van der Waals surface area contributed by atoms with Crippen LogP contribution in [-0.2, 0) is 0 Å². The highest BCUT2D eigenvalue weighted by Gasteiger charge is 2.11. The van der Waals surface area contributed by atoms with E-state index in [1.807, 2.05) is 6.92 Å². The molecular formula is C8H11BrN2OS. The van der Waals surface area contributed by atoms with Crippen LogP contribution < -0.4 is 0 Å². The molecule has 0 aliphatic heterocycles. The summed E-state index contributed by atoms with van der Waals surface area (Å²) in [7, 11) is 0. The molecule has 0 amide bonds. The first-order chi connectivity index (χ1) is 6.09. The number of hydrogen-bond donors (Lipinski definition) is 1. The molecule has 0 aromatic carbocycles. The fourth-order valence-corrected chi connectivity index (χ4v) is 1.59. The van der Waals surface area contributed by atoms with Crippen molar-refractivity contribution >= 4 is 27.7 Å². The van der Waals surface area contributed by atoms with Gasteiger partial charge in [0.1, 0.15) is 0 Å². The molecule has 0 saturated carbocycles. The third-order valence-electron chi connectivity index (χ3n) is 1.57. The maximum absolute atomic E-state index is 9.25. The van der Waals surface area contributed by atoms with Crippen LogP contribution >= 0.6 is 27.7 Å². The molecule has 0 bridgehead atoms. The van der Waals surface area contributed by atoms with E-state index in [9.17, 15) is 5.11 Å². The van der Waals surface area contributed by atoms with Crippen molar-refractivity contribution in [2.75, 3.05) is 0 Å². The summed E-state index contributed by atoms with van der Waals surface area (Å²) in [5, 5.41) is 10.1. The Hall–Kier alpha value is -0.130. The average Bonchev–Trinajstić information content (AvgIpc) is 2.08. The summed E-state index contributed by atoms with van der Waals surface area (Å²) in [6, 6.07) is 0. The van der Waals surface area contributed by atoms with Crippen molar-refractivity contribution < 1.29 is 5.11 Å². The zero-order valence-corrected chi connectivity index (χ0v) is 9.84. The minimum Gasteiger partial charge on any atom is -0.392 e. The SMILES string of the molecule is CC(O)C(C)Sc1ncc(Br)cn1. The quantitative estimate of drug-likeness (QED) is 0.670. The lowest BCUT2D eigenvalue weighted by atomic mass is 10.3. The van der Waals surface area contributed by atoms with Crippen molar-refractivity contribution in [1.82, 2.24) is 9.97 Å². The molecule has 1 N–H and O–H groups in total. The fourth-order valence-electron chi connectivity index (χ4n) is 0.626. The molecule has 1 rings (SSSR count). The second kappa shape index (κ2) is 4.93. The maximum Gasteiger partial charge on any atom is 0.187 e. The molecular weight excluding hydrogens is 252 g/mol. The summed E-state index contributed by atoms with van der Waals surface area (Å²) < 4.78 is 0.863. The van der Waals surface area contributed by atoms with Gasteiger partial charge in [0.25, 0.3) is 0 Å². The van der Waals surface area contributed by atoms with Crippen LogP contribution in [0.2, 0.25) is 0 Å². The summed E-state index contributed by atoms with van der Waals surface area (Å²) in [4.78, 5) is 8.19. The van der Waals surface area contributed by atoms with Gasteiger partial charge in [0.15, 0.2) is 5.16 Å². The summed E-state index contributed by atoms with van der Waals surface area (Å²) >= 11 is 4.72. The number of halogens is 1. The van der Waals surface area contributed by atoms with Gasteiger partial charge in [-0.15, -0.1) is 0 Å². The first-order valence-electron chi connectivity index (χ1n) is 3.92. The number of rotatable bonds is 3. The molecule has 72 valence electrons. The van der Waals surface area contributed by atoms with Crippen molar-refractivity contribution in [3.63, 3.8) is 0 Å². The Labute approximate surface area is 90.1 Å². The van der Waals surface area contributed by atoms with Crippen molar-refractivity contribution in [2.24, 2.45) is 0 Å². The Bertz CT molecular complexity index is 265. The highest BCUT2D eigenvalue weighted by atomic mass is 79.9. The zero-order valence-electron chi connectivity index (χ0n) is 7.44. The third-order valence-corrected chi connectivity index (χ3v) is 3.16. The average molecular weight is 263 g/mol. The number of thioether (sulfide) groups is 1. The first kappa shape index (κ1) is 10.9. The third kappa shape index (κ3) is 3.62. The second-order valence-electron chi connectivity index (χ2n) is 2.75. The smallest absolute Gasteiger partial charge is 0.187 e. The van der Waals surface area contributed by atoms with Crippen LogP contribution in [0.25, 0.3) is 0 Å². The molecule has 0 fully saturated rings.